The smallest absolute Gasteiger partial charge is 0.320 e. The number of carbonyl (C=O) groups excluding carboxylic acids is 1. The first-order valence-electron chi connectivity index (χ1n) is 11.7. The fourth-order valence-electron chi connectivity index (χ4n) is 4.84. The van der Waals surface area contributed by atoms with E-state index < -0.39 is 11.4 Å². The van der Waals surface area contributed by atoms with Crippen molar-refractivity contribution in [1.82, 2.24) is 24.8 Å². The van der Waals surface area contributed by atoms with Gasteiger partial charge >= 0.3 is 5.97 Å². The fourth-order valence-corrected chi connectivity index (χ4v) is 5.02. The van der Waals surface area contributed by atoms with Crippen molar-refractivity contribution in [2.24, 2.45) is 0 Å². The van der Waals surface area contributed by atoms with Crippen LogP contribution in [0.4, 0.5) is 21.8 Å². The molecule has 2 aliphatic rings. The van der Waals surface area contributed by atoms with Gasteiger partial charge in [0.15, 0.2) is 5.82 Å². The summed E-state index contributed by atoms with van der Waals surface area (Å²) < 4.78 is 18.9. The molecular weight excluding hydrogens is 473 g/mol. The average Bonchev–Trinajstić information content (AvgIpc) is 2.81. The van der Waals surface area contributed by atoms with Crippen molar-refractivity contribution >= 4 is 46.1 Å². The maximum Gasteiger partial charge on any atom is 0.320 e. The molecule has 3 heterocycles. The van der Waals surface area contributed by atoms with Crippen LogP contribution in [0.2, 0.25) is 5.02 Å². The molecule has 0 unspecified atom stereocenters. The lowest BCUT2D eigenvalue weighted by Crippen LogP contribution is -2.55. The van der Waals surface area contributed by atoms with Crippen LogP contribution in [-0.2, 0) is 9.53 Å². The Morgan fingerprint density at radius 2 is 1.97 bits per heavy atom. The molecule has 5 rings (SSSR count). The number of nitrogens with zero attached hydrogens (tertiary/aromatic N) is 5. The summed E-state index contributed by atoms with van der Waals surface area (Å²) in [5.74, 6) is 0.336. The Hall–Kier alpha value is -3.11. The Kier molecular flexibility index (Phi) is 6.41. The maximum absolute atomic E-state index is 13.5. The van der Waals surface area contributed by atoms with Crippen LogP contribution in [0, 0.1) is 5.82 Å². The van der Waals surface area contributed by atoms with Crippen molar-refractivity contribution in [3.63, 3.8) is 0 Å². The first kappa shape index (κ1) is 23.6. The summed E-state index contributed by atoms with van der Waals surface area (Å²) in [5, 5.41) is 6.60. The first-order valence-corrected chi connectivity index (χ1v) is 12.1. The number of nitrogens with one attached hydrogen (secondary N) is 2. The number of ether oxygens (including phenoxy) is 1. The van der Waals surface area contributed by atoms with Crippen LogP contribution in [0.5, 0.6) is 0 Å². The van der Waals surface area contributed by atoms with Crippen LogP contribution < -0.4 is 10.6 Å². The Balaban J connectivity index is 1.26. The van der Waals surface area contributed by atoms with Gasteiger partial charge in [-0.1, -0.05) is 11.6 Å². The molecule has 0 amide bonds. The second-order valence-corrected chi connectivity index (χ2v) is 10.1. The number of hydrogen-bond donors (Lipinski definition) is 2. The van der Waals surface area contributed by atoms with Gasteiger partial charge in [0, 0.05) is 24.3 Å². The van der Waals surface area contributed by atoms with E-state index in [1.807, 2.05) is 13.8 Å². The second-order valence-electron chi connectivity index (χ2n) is 9.69. The van der Waals surface area contributed by atoms with Crippen LogP contribution in [0.1, 0.15) is 39.5 Å². The minimum Gasteiger partial charge on any atom is -0.457 e. The molecule has 1 saturated heterocycles. The SMILES string of the molecule is CC1(C)CN(C2CCC(Nc3ncc4ncnc(Nc5ccc(F)c(Cl)c5)c4n3)CC2)CC(=O)O1. The van der Waals surface area contributed by atoms with E-state index in [0.717, 1.165) is 32.2 Å². The lowest BCUT2D eigenvalue weighted by atomic mass is 9.89. The number of morpholine rings is 1. The van der Waals surface area contributed by atoms with Gasteiger partial charge in [0.05, 0.1) is 17.8 Å². The zero-order valence-electron chi connectivity index (χ0n) is 19.6. The minimum absolute atomic E-state index is 0.0194. The van der Waals surface area contributed by atoms with Crippen LogP contribution in [0.25, 0.3) is 11.0 Å². The zero-order chi connectivity index (χ0) is 24.6. The number of esters is 1. The number of benzene rings is 1. The van der Waals surface area contributed by atoms with Gasteiger partial charge in [0.25, 0.3) is 0 Å². The fraction of sp³-hybridized carbons (Fsp3) is 0.458. The number of anilines is 3. The molecule has 1 aliphatic carbocycles. The summed E-state index contributed by atoms with van der Waals surface area (Å²) in [6.07, 6.45) is 6.93. The van der Waals surface area contributed by atoms with Gasteiger partial charge in [-0.2, -0.15) is 0 Å². The van der Waals surface area contributed by atoms with E-state index in [4.69, 9.17) is 16.3 Å². The van der Waals surface area contributed by atoms with Gasteiger partial charge < -0.3 is 15.4 Å². The van der Waals surface area contributed by atoms with Crippen molar-refractivity contribution < 1.29 is 13.9 Å². The van der Waals surface area contributed by atoms with E-state index >= 15 is 0 Å². The normalized spacial score (nSPS) is 22.6. The van der Waals surface area contributed by atoms with Gasteiger partial charge in [-0.25, -0.2) is 24.3 Å². The van der Waals surface area contributed by atoms with Gasteiger partial charge in [-0.05, 0) is 57.7 Å². The molecule has 3 aromatic rings. The molecule has 0 spiro atoms. The van der Waals surface area contributed by atoms with Crippen molar-refractivity contribution in [2.45, 2.75) is 57.2 Å². The van der Waals surface area contributed by atoms with Crippen molar-refractivity contribution in [3.05, 3.63) is 41.6 Å². The minimum atomic E-state index is -0.489. The van der Waals surface area contributed by atoms with Crippen molar-refractivity contribution in [2.75, 3.05) is 23.7 Å². The molecule has 0 atom stereocenters. The predicted octanol–water partition coefficient (Wildman–Crippen LogP) is 4.32. The maximum atomic E-state index is 13.5. The summed E-state index contributed by atoms with van der Waals surface area (Å²) in [7, 11) is 0. The lowest BCUT2D eigenvalue weighted by Gasteiger charge is -2.43. The number of carbonyl (C=O) groups is 1. The van der Waals surface area contributed by atoms with Crippen LogP contribution in [0.3, 0.4) is 0 Å². The number of cyclic esters (lactones) is 1. The molecule has 2 fully saturated rings. The molecule has 9 nitrogen and oxygen atoms in total. The second kappa shape index (κ2) is 9.50. The van der Waals surface area contributed by atoms with Gasteiger partial charge in [0.1, 0.15) is 28.8 Å². The molecule has 1 aromatic carbocycles. The Morgan fingerprint density at radius 1 is 1.17 bits per heavy atom. The Morgan fingerprint density at radius 3 is 2.71 bits per heavy atom. The zero-order valence-corrected chi connectivity index (χ0v) is 20.3. The van der Waals surface area contributed by atoms with Crippen LogP contribution in [0.15, 0.2) is 30.7 Å². The highest BCUT2D eigenvalue weighted by atomic mass is 35.5. The molecule has 184 valence electrons. The summed E-state index contributed by atoms with van der Waals surface area (Å²) in [5.41, 5.74) is 1.28. The monoisotopic (exact) mass is 499 g/mol. The molecule has 2 aromatic heterocycles. The Labute approximate surface area is 207 Å². The van der Waals surface area contributed by atoms with E-state index in [1.54, 1.807) is 12.3 Å². The standard InChI is InChI=1S/C24H27ClFN7O2/c1-24(2)12-33(11-20(34)35-24)16-6-3-14(4-7-16)31-23-27-10-19-21(32-23)22(29-13-28-19)30-15-5-8-18(26)17(25)9-15/h5,8-10,13-14,16H,3-4,6-7,11-12H2,1-2H3,(H,27,31,32)(H,28,29,30). The molecule has 0 radical (unpaired) electrons. The number of rotatable bonds is 5. The molecule has 2 N–H and O–H groups in total. The number of hydrogen-bond acceptors (Lipinski definition) is 9. The van der Waals surface area contributed by atoms with E-state index in [9.17, 15) is 9.18 Å². The number of fused-ring (bicyclic) bond motifs is 1. The predicted molar refractivity (Wildman–Crippen MR) is 131 cm³/mol. The highest BCUT2D eigenvalue weighted by Crippen LogP contribution is 2.30. The van der Waals surface area contributed by atoms with E-state index in [2.05, 4.69) is 35.5 Å². The quantitative estimate of drug-likeness (QED) is 0.496. The van der Waals surface area contributed by atoms with Crippen LogP contribution in [-0.4, -0.2) is 61.6 Å². The van der Waals surface area contributed by atoms with Gasteiger partial charge in [-0.15, -0.1) is 0 Å². The third-order valence-electron chi connectivity index (χ3n) is 6.41. The average molecular weight is 500 g/mol. The third-order valence-corrected chi connectivity index (χ3v) is 6.70. The molecule has 1 saturated carbocycles. The number of aromatic nitrogens is 4. The molecule has 1 aliphatic heterocycles. The third kappa shape index (κ3) is 5.43. The largest absolute Gasteiger partial charge is 0.457 e. The summed E-state index contributed by atoms with van der Waals surface area (Å²) in [4.78, 5) is 31.9. The molecular formula is C24H27ClFN7O2. The van der Waals surface area contributed by atoms with E-state index in [0.29, 0.717) is 41.1 Å². The van der Waals surface area contributed by atoms with Gasteiger partial charge in [0.2, 0.25) is 5.95 Å². The van der Waals surface area contributed by atoms with Crippen molar-refractivity contribution in [1.29, 1.82) is 0 Å². The highest BCUT2D eigenvalue weighted by Gasteiger charge is 2.37. The summed E-state index contributed by atoms with van der Waals surface area (Å²) >= 11 is 5.90. The first-order chi connectivity index (χ1) is 16.8. The van der Waals surface area contributed by atoms with E-state index in [1.165, 1.54) is 18.5 Å². The Bertz CT molecular complexity index is 1250. The van der Waals surface area contributed by atoms with E-state index in [-0.39, 0.29) is 17.0 Å². The van der Waals surface area contributed by atoms with Gasteiger partial charge in [-0.3, -0.25) is 9.69 Å². The molecule has 35 heavy (non-hydrogen) atoms. The molecule has 0 bridgehead atoms. The topological polar surface area (TPSA) is 105 Å². The lowest BCUT2D eigenvalue weighted by molar-refractivity contribution is -0.172. The summed E-state index contributed by atoms with van der Waals surface area (Å²) in [6.45, 7) is 5.02. The molecule has 11 heteroatoms. The van der Waals surface area contributed by atoms with Crippen molar-refractivity contribution in [3.8, 4) is 0 Å². The highest BCUT2D eigenvalue weighted by molar-refractivity contribution is 6.31. The summed E-state index contributed by atoms with van der Waals surface area (Å²) in [6, 6.07) is 4.96. The van der Waals surface area contributed by atoms with Crippen LogP contribution >= 0.6 is 11.6 Å². The number of halogens is 2.